The van der Waals surface area contributed by atoms with Crippen molar-refractivity contribution in [1.82, 2.24) is 15.1 Å². The Morgan fingerprint density at radius 2 is 2.07 bits per heavy atom. The molecule has 5 rings (SSSR count). The maximum atomic E-state index is 14.1. The number of likely N-dealkylation sites (tertiary alicyclic amines) is 1. The second-order valence-electron chi connectivity index (χ2n) is 8.91. The van der Waals surface area contributed by atoms with Crippen molar-refractivity contribution < 1.29 is 19.0 Å². The van der Waals surface area contributed by atoms with E-state index in [4.69, 9.17) is 9.47 Å². The standard InChI is InChI=1S/C22H27FN4O3/c1-13-3-4-16(19(28)5-13)20-17-7-22(11-29-12-22)30-10-18(17)21(26-25-20)24-15-6-14(23)8-27(2)9-15/h3-5,14-15,28H,6-12H2,1-2H3,(H,24,26)/t14-,15-/m1/s1. The van der Waals surface area contributed by atoms with Gasteiger partial charge in [0.15, 0.2) is 5.82 Å². The van der Waals surface area contributed by atoms with Crippen LogP contribution in [0.1, 0.15) is 23.1 Å². The summed E-state index contributed by atoms with van der Waals surface area (Å²) in [6.45, 7) is 4.63. The molecule has 1 aromatic carbocycles. The minimum Gasteiger partial charge on any atom is -0.507 e. The van der Waals surface area contributed by atoms with Crippen LogP contribution in [-0.2, 0) is 22.5 Å². The summed E-state index contributed by atoms with van der Waals surface area (Å²) in [6, 6.07) is 5.52. The van der Waals surface area contributed by atoms with Gasteiger partial charge < -0.3 is 24.8 Å². The van der Waals surface area contributed by atoms with E-state index in [-0.39, 0.29) is 17.4 Å². The fourth-order valence-electron chi connectivity index (χ4n) is 4.69. The van der Waals surface area contributed by atoms with Crippen molar-refractivity contribution in [2.45, 2.75) is 44.2 Å². The Balaban J connectivity index is 1.53. The zero-order valence-electron chi connectivity index (χ0n) is 17.3. The molecule has 1 spiro atoms. The zero-order chi connectivity index (χ0) is 20.9. The van der Waals surface area contributed by atoms with E-state index < -0.39 is 6.17 Å². The van der Waals surface area contributed by atoms with Crippen LogP contribution >= 0.6 is 0 Å². The topological polar surface area (TPSA) is 79.7 Å². The number of nitrogens with zero attached hydrogens (tertiary/aromatic N) is 3. The highest BCUT2D eigenvalue weighted by Gasteiger charge is 2.45. The Bertz CT molecular complexity index is 956. The summed E-state index contributed by atoms with van der Waals surface area (Å²) in [6.07, 6.45) is 0.228. The molecule has 2 atom stereocenters. The van der Waals surface area contributed by atoms with Crippen molar-refractivity contribution in [3.8, 4) is 17.0 Å². The molecule has 0 amide bonds. The number of aromatic nitrogens is 2. The number of benzene rings is 1. The quantitative estimate of drug-likeness (QED) is 0.799. The van der Waals surface area contributed by atoms with Crippen molar-refractivity contribution in [2.75, 3.05) is 38.7 Å². The number of hydrogen-bond donors (Lipinski definition) is 2. The monoisotopic (exact) mass is 414 g/mol. The molecular weight excluding hydrogens is 387 g/mol. The van der Waals surface area contributed by atoms with Crippen molar-refractivity contribution in [1.29, 1.82) is 0 Å². The van der Waals surface area contributed by atoms with Gasteiger partial charge in [-0.1, -0.05) is 6.07 Å². The van der Waals surface area contributed by atoms with Crippen molar-refractivity contribution in [3.63, 3.8) is 0 Å². The number of likely N-dealkylation sites (N-methyl/N-ethyl adjacent to an activating group) is 1. The molecule has 2 aromatic rings. The van der Waals surface area contributed by atoms with Gasteiger partial charge in [-0.25, -0.2) is 4.39 Å². The first-order chi connectivity index (χ1) is 14.4. The number of ether oxygens (including phenoxy) is 2. The van der Waals surface area contributed by atoms with Crippen LogP contribution in [0.25, 0.3) is 11.3 Å². The van der Waals surface area contributed by atoms with Crippen LogP contribution < -0.4 is 5.32 Å². The number of fused-ring (bicyclic) bond motifs is 1. The molecule has 1 aromatic heterocycles. The zero-order valence-corrected chi connectivity index (χ0v) is 17.3. The van der Waals surface area contributed by atoms with Crippen LogP contribution in [0.5, 0.6) is 5.75 Å². The molecule has 2 saturated heterocycles. The number of halogens is 1. The van der Waals surface area contributed by atoms with Crippen LogP contribution in [0.4, 0.5) is 10.2 Å². The van der Waals surface area contributed by atoms with Gasteiger partial charge in [0, 0.05) is 43.1 Å². The highest BCUT2D eigenvalue weighted by molar-refractivity contribution is 5.73. The van der Waals surface area contributed by atoms with E-state index >= 15 is 0 Å². The summed E-state index contributed by atoms with van der Waals surface area (Å²) in [5.41, 5.74) is 3.92. The molecule has 4 heterocycles. The van der Waals surface area contributed by atoms with Gasteiger partial charge in [-0.2, -0.15) is 0 Å². The molecule has 8 heteroatoms. The summed E-state index contributed by atoms with van der Waals surface area (Å²) in [7, 11) is 1.92. The lowest BCUT2D eigenvalue weighted by molar-refractivity contribution is -0.220. The number of phenols is 1. The molecule has 0 bridgehead atoms. The van der Waals surface area contributed by atoms with Gasteiger partial charge in [-0.05, 0) is 37.2 Å². The Labute approximate surface area is 175 Å². The highest BCUT2D eigenvalue weighted by Crippen LogP contribution is 2.41. The highest BCUT2D eigenvalue weighted by atomic mass is 19.1. The number of hydrogen-bond acceptors (Lipinski definition) is 7. The fraction of sp³-hybridized carbons (Fsp3) is 0.545. The third-order valence-electron chi connectivity index (χ3n) is 6.27. The third-order valence-corrected chi connectivity index (χ3v) is 6.27. The van der Waals surface area contributed by atoms with Crippen LogP contribution in [0.3, 0.4) is 0 Å². The number of rotatable bonds is 3. The lowest BCUT2D eigenvalue weighted by Crippen LogP contribution is -2.55. The van der Waals surface area contributed by atoms with Crippen molar-refractivity contribution >= 4 is 5.82 Å². The number of piperidine rings is 1. The SMILES string of the molecule is Cc1ccc(-c2nnc(N[C@@H]3C[C@@H](F)CN(C)C3)c3c2CC2(COC2)OC3)c(O)c1. The molecule has 7 nitrogen and oxygen atoms in total. The molecule has 2 fully saturated rings. The predicted molar refractivity (Wildman–Crippen MR) is 110 cm³/mol. The molecule has 3 aliphatic heterocycles. The Kier molecular flexibility index (Phi) is 4.88. The second kappa shape index (κ2) is 7.44. The predicted octanol–water partition coefficient (Wildman–Crippen LogP) is 2.45. The largest absolute Gasteiger partial charge is 0.507 e. The van der Waals surface area contributed by atoms with Crippen molar-refractivity contribution in [2.24, 2.45) is 0 Å². The van der Waals surface area contributed by atoms with Crippen molar-refractivity contribution in [3.05, 3.63) is 34.9 Å². The molecule has 0 radical (unpaired) electrons. The Morgan fingerprint density at radius 1 is 1.23 bits per heavy atom. The molecule has 0 saturated carbocycles. The first-order valence-electron chi connectivity index (χ1n) is 10.4. The number of alkyl halides is 1. The van der Waals surface area contributed by atoms with Crippen LogP contribution in [0, 0.1) is 6.92 Å². The van der Waals surface area contributed by atoms with Gasteiger partial charge in [-0.15, -0.1) is 10.2 Å². The molecule has 0 unspecified atom stereocenters. The summed E-state index contributed by atoms with van der Waals surface area (Å²) < 4.78 is 25.6. The lowest BCUT2D eigenvalue weighted by Gasteiger charge is -2.45. The van der Waals surface area contributed by atoms with E-state index in [0.717, 1.165) is 23.2 Å². The summed E-state index contributed by atoms with van der Waals surface area (Å²) in [4.78, 5) is 1.99. The smallest absolute Gasteiger partial charge is 0.154 e. The molecule has 160 valence electrons. The summed E-state index contributed by atoms with van der Waals surface area (Å²) in [5, 5.41) is 22.9. The molecular formula is C22H27FN4O3. The summed E-state index contributed by atoms with van der Waals surface area (Å²) >= 11 is 0. The average molecular weight is 414 g/mol. The number of aromatic hydroxyl groups is 1. The number of nitrogens with one attached hydrogen (secondary N) is 1. The summed E-state index contributed by atoms with van der Waals surface area (Å²) in [5.74, 6) is 0.828. The average Bonchev–Trinajstić information content (AvgIpc) is 2.66. The number of anilines is 1. The van der Waals surface area contributed by atoms with Gasteiger partial charge >= 0.3 is 0 Å². The minimum absolute atomic E-state index is 0.0429. The van der Waals surface area contributed by atoms with Gasteiger partial charge in [0.2, 0.25) is 0 Å². The molecule has 2 N–H and O–H groups in total. The Hall–Kier alpha value is -2.29. The van der Waals surface area contributed by atoms with Gasteiger partial charge in [0.25, 0.3) is 0 Å². The van der Waals surface area contributed by atoms with E-state index in [1.807, 2.05) is 31.0 Å². The Morgan fingerprint density at radius 3 is 2.77 bits per heavy atom. The molecule has 0 aliphatic carbocycles. The fourth-order valence-corrected chi connectivity index (χ4v) is 4.69. The lowest BCUT2D eigenvalue weighted by atomic mass is 9.85. The van der Waals surface area contributed by atoms with Crippen LogP contribution in [-0.4, -0.2) is 71.4 Å². The normalized spacial score (nSPS) is 25.6. The third kappa shape index (κ3) is 3.53. The van der Waals surface area contributed by atoms with E-state index in [9.17, 15) is 9.50 Å². The van der Waals surface area contributed by atoms with E-state index in [2.05, 4.69) is 15.5 Å². The maximum absolute atomic E-state index is 14.1. The number of aryl methyl sites for hydroxylation is 1. The van der Waals surface area contributed by atoms with E-state index in [1.165, 1.54) is 0 Å². The van der Waals surface area contributed by atoms with E-state index in [1.54, 1.807) is 6.07 Å². The van der Waals surface area contributed by atoms with Crippen LogP contribution in [0.15, 0.2) is 18.2 Å². The molecule has 30 heavy (non-hydrogen) atoms. The first kappa shape index (κ1) is 19.7. The van der Waals surface area contributed by atoms with Gasteiger partial charge in [0.05, 0.1) is 19.8 Å². The van der Waals surface area contributed by atoms with Crippen LogP contribution in [0.2, 0.25) is 0 Å². The molecule has 3 aliphatic rings. The second-order valence-corrected chi connectivity index (χ2v) is 8.91. The number of phenolic OH excluding ortho intramolecular Hbond substituents is 1. The van der Waals surface area contributed by atoms with Gasteiger partial charge in [-0.3, -0.25) is 0 Å². The maximum Gasteiger partial charge on any atom is 0.154 e. The van der Waals surface area contributed by atoms with Gasteiger partial charge in [0.1, 0.15) is 23.2 Å². The minimum atomic E-state index is -0.861. The first-order valence-corrected chi connectivity index (χ1v) is 10.4. The van der Waals surface area contributed by atoms with E-state index in [0.29, 0.717) is 56.3 Å².